The van der Waals surface area contributed by atoms with E-state index in [1.165, 1.54) is 12.8 Å². The Hall–Kier alpha value is -1.23. The molecule has 1 aliphatic carbocycles. The van der Waals surface area contributed by atoms with Crippen LogP contribution in [0.4, 0.5) is 5.82 Å². The summed E-state index contributed by atoms with van der Waals surface area (Å²) < 4.78 is 0. The number of thiocarbonyl (C=S) groups is 1. The Balaban J connectivity index is 2.22. The third-order valence-electron chi connectivity index (χ3n) is 3.12. The fraction of sp³-hybridized carbons (Fsp3) is 0.615. The molecular formula is C13H20N4S. The lowest BCUT2D eigenvalue weighted by molar-refractivity contribution is 0.568. The minimum Gasteiger partial charge on any atom is -0.388 e. The van der Waals surface area contributed by atoms with E-state index in [-0.39, 0.29) is 0 Å². The molecule has 1 saturated carbocycles. The number of rotatable bonds is 6. The number of hydrogen-bond donors (Lipinski definition) is 1. The van der Waals surface area contributed by atoms with Crippen LogP contribution in [0.1, 0.15) is 38.8 Å². The second kappa shape index (κ2) is 5.61. The second-order valence-electron chi connectivity index (χ2n) is 5.20. The molecule has 0 saturated heterocycles. The van der Waals surface area contributed by atoms with Gasteiger partial charge in [-0.1, -0.05) is 26.1 Å². The predicted octanol–water partition coefficient (Wildman–Crippen LogP) is 2.13. The molecule has 1 fully saturated rings. The highest BCUT2D eigenvalue weighted by molar-refractivity contribution is 7.80. The van der Waals surface area contributed by atoms with Crippen molar-refractivity contribution in [1.29, 1.82) is 0 Å². The van der Waals surface area contributed by atoms with Gasteiger partial charge in [-0.3, -0.25) is 0 Å². The molecule has 0 unspecified atom stereocenters. The zero-order valence-corrected chi connectivity index (χ0v) is 11.8. The molecule has 0 spiro atoms. The van der Waals surface area contributed by atoms with Crippen molar-refractivity contribution in [1.82, 2.24) is 9.97 Å². The lowest BCUT2D eigenvalue weighted by Gasteiger charge is -2.25. The van der Waals surface area contributed by atoms with Crippen molar-refractivity contribution >= 4 is 23.0 Å². The van der Waals surface area contributed by atoms with Crippen molar-refractivity contribution in [2.24, 2.45) is 11.7 Å². The molecule has 0 aliphatic heterocycles. The highest BCUT2D eigenvalue weighted by Crippen LogP contribution is 2.32. The number of nitrogens with two attached hydrogens (primary N) is 1. The summed E-state index contributed by atoms with van der Waals surface area (Å²) in [6.07, 6.45) is 6.95. The SMILES string of the molecule is CC(C)CCN(c1nccnc1C(N)=S)C1CC1. The molecule has 1 aromatic heterocycles. The molecule has 2 rings (SSSR count). The summed E-state index contributed by atoms with van der Waals surface area (Å²) in [5.41, 5.74) is 6.39. The van der Waals surface area contributed by atoms with Crippen molar-refractivity contribution in [3.63, 3.8) is 0 Å². The Morgan fingerprint density at radius 1 is 1.44 bits per heavy atom. The van der Waals surface area contributed by atoms with Crippen LogP contribution in [-0.2, 0) is 0 Å². The molecule has 18 heavy (non-hydrogen) atoms. The predicted molar refractivity (Wildman–Crippen MR) is 77.7 cm³/mol. The van der Waals surface area contributed by atoms with Gasteiger partial charge in [-0.05, 0) is 25.2 Å². The van der Waals surface area contributed by atoms with Crippen LogP contribution in [0, 0.1) is 5.92 Å². The first-order chi connectivity index (χ1) is 8.59. The molecule has 98 valence electrons. The molecule has 4 nitrogen and oxygen atoms in total. The van der Waals surface area contributed by atoms with Crippen LogP contribution >= 0.6 is 12.2 Å². The van der Waals surface area contributed by atoms with Gasteiger partial charge in [0.1, 0.15) is 10.7 Å². The molecule has 0 radical (unpaired) electrons. The van der Waals surface area contributed by atoms with Gasteiger partial charge in [0.15, 0.2) is 5.82 Å². The molecule has 0 aromatic carbocycles. The van der Waals surface area contributed by atoms with E-state index < -0.39 is 0 Å². The summed E-state index contributed by atoms with van der Waals surface area (Å²) in [4.78, 5) is 11.3. The molecule has 5 heteroatoms. The van der Waals surface area contributed by atoms with E-state index >= 15 is 0 Å². The molecular weight excluding hydrogens is 244 g/mol. The summed E-state index contributed by atoms with van der Waals surface area (Å²) in [7, 11) is 0. The van der Waals surface area contributed by atoms with Crippen LogP contribution in [0.5, 0.6) is 0 Å². The first kappa shape index (κ1) is 13.2. The van der Waals surface area contributed by atoms with Gasteiger partial charge in [-0.15, -0.1) is 0 Å². The monoisotopic (exact) mass is 264 g/mol. The minimum atomic E-state index is 0.327. The average Bonchev–Trinajstić information content (AvgIpc) is 3.14. The smallest absolute Gasteiger partial charge is 0.157 e. The fourth-order valence-corrected chi connectivity index (χ4v) is 2.10. The number of nitrogens with zero attached hydrogens (tertiary/aromatic N) is 3. The lowest BCUT2D eigenvalue weighted by Crippen LogP contribution is -2.31. The quantitative estimate of drug-likeness (QED) is 0.798. The van der Waals surface area contributed by atoms with Crippen molar-refractivity contribution in [2.45, 2.75) is 39.2 Å². The van der Waals surface area contributed by atoms with Crippen LogP contribution in [0.3, 0.4) is 0 Å². The lowest BCUT2D eigenvalue weighted by atomic mass is 10.1. The van der Waals surface area contributed by atoms with Gasteiger partial charge in [-0.2, -0.15) is 0 Å². The van der Waals surface area contributed by atoms with E-state index in [4.69, 9.17) is 18.0 Å². The number of hydrogen-bond acceptors (Lipinski definition) is 4. The normalized spacial score (nSPS) is 14.8. The van der Waals surface area contributed by atoms with E-state index in [1.54, 1.807) is 12.4 Å². The van der Waals surface area contributed by atoms with Crippen LogP contribution in [0.15, 0.2) is 12.4 Å². The van der Waals surface area contributed by atoms with Crippen LogP contribution < -0.4 is 10.6 Å². The highest BCUT2D eigenvalue weighted by atomic mass is 32.1. The molecule has 1 aromatic rings. The summed E-state index contributed by atoms with van der Waals surface area (Å²) in [6.45, 7) is 5.46. The molecule has 1 heterocycles. The Morgan fingerprint density at radius 3 is 2.67 bits per heavy atom. The van der Waals surface area contributed by atoms with Gasteiger partial charge in [-0.25, -0.2) is 9.97 Å². The zero-order chi connectivity index (χ0) is 13.1. The fourth-order valence-electron chi connectivity index (χ4n) is 1.96. The van der Waals surface area contributed by atoms with Gasteiger partial charge >= 0.3 is 0 Å². The summed E-state index contributed by atoms with van der Waals surface area (Å²) in [5, 5.41) is 0. The van der Waals surface area contributed by atoms with E-state index in [0.717, 1.165) is 18.8 Å². The summed E-state index contributed by atoms with van der Waals surface area (Å²) in [6, 6.07) is 0.591. The van der Waals surface area contributed by atoms with Crippen molar-refractivity contribution in [3.05, 3.63) is 18.1 Å². The van der Waals surface area contributed by atoms with E-state index in [9.17, 15) is 0 Å². The molecule has 0 bridgehead atoms. The third-order valence-corrected chi connectivity index (χ3v) is 3.31. The van der Waals surface area contributed by atoms with Crippen LogP contribution in [0.25, 0.3) is 0 Å². The molecule has 0 atom stereocenters. The topological polar surface area (TPSA) is 55.0 Å². The molecule has 1 aliphatic rings. The van der Waals surface area contributed by atoms with Gasteiger partial charge in [0.2, 0.25) is 0 Å². The first-order valence-corrected chi connectivity index (χ1v) is 6.88. The van der Waals surface area contributed by atoms with Crippen molar-refractivity contribution in [3.8, 4) is 0 Å². The Morgan fingerprint density at radius 2 is 2.11 bits per heavy atom. The maximum atomic E-state index is 5.73. The van der Waals surface area contributed by atoms with Gasteiger partial charge in [0, 0.05) is 25.0 Å². The highest BCUT2D eigenvalue weighted by Gasteiger charge is 2.31. The molecule has 0 amide bonds. The molecule has 2 N–H and O–H groups in total. The zero-order valence-electron chi connectivity index (χ0n) is 11.0. The largest absolute Gasteiger partial charge is 0.388 e. The van der Waals surface area contributed by atoms with Crippen molar-refractivity contribution < 1.29 is 0 Å². The summed E-state index contributed by atoms with van der Waals surface area (Å²) >= 11 is 5.06. The standard InChI is InChI=1S/C13H20N4S/c1-9(2)5-8-17(10-3-4-10)13-11(12(14)18)15-6-7-16-13/h6-7,9-10H,3-5,8H2,1-2H3,(H2,14,18). The first-order valence-electron chi connectivity index (χ1n) is 6.47. The Kier molecular flexibility index (Phi) is 4.11. The minimum absolute atomic E-state index is 0.327. The number of anilines is 1. The van der Waals surface area contributed by atoms with E-state index in [2.05, 4.69) is 28.7 Å². The number of aromatic nitrogens is 2. The Labute approximate surface area is 114 Å². The van der Waals surface area contributed by atoms with E-state index in [0.29, 0.717) is 22.6 Å². The third kappa shape index (κ3) is 3.16. The maximum Gasteiger partial charge on any atom is 0.157 e. The average molecular weight is 264 g/mol. The van der Waals surface area contributed by atoms with E-state index in [1.807, 2.05) is 0 Å². The van der Waals surface area contributed by atoms with Crippen LogP contribution in [0.2, 0.25) is 0 Å². The van der Waals surface area contributed by atoms with Gasteiger partial charge in [0.05, 0.1) is 0 Å². The van der Waals surface area contributed by atoms with Crippen LogP contribution in [-0.4, -0.2) is 27.5 Å². The van der Waals surface area contributed by atoms with Gasteiger partial charge in [0.25, 0.3) is 0 Å². The van der Waals surface area contributed by atoms with Gasteiger partial charge < -0.3 is 10.6 Å². The maximum absolute atomic E-state index is 5.73. The van der Waals surface area contributed by atoms with Crippen molar-refractivity contribution in [2.75, 3.05) is 11.4 Å². The summed E-state index contributed by atoms with van der Waals surface area (Å²) in [5.74, 6) is 1.53. The Bertz CT molecular complexity index is 429. The second-order valence-corrected chi connectivity index (χ2v) is 5.64.